The van der Waals surface area contributed by atoms with Crippen LogP contribution in [-0.2, 0) is 11.2 Å². The lowest BCUT2D eigenvalue weighted by Crippen LogP contribution is -1.99. The number of hydrogen-bond acceptors (Lipinski definition) is 1. The Morgan fingerprint density at radius 3 is 2.20 bits per heavy atom. The van der Waals surface area contributed by atoms with E-state index in [4.69, 9.17) is 0 Å². The number of ketones is 1. The summed E-state index contributed by atoms with van der Waals surface area (Å²) in [6, 6.07) is 20.3. The zero-order valence-electron chi connectivity index (χ0n) is 11.7. The minimum Gasteiger partial charge on any atom is -0.300 e. The molecule has 0 unspecified atom stereocenters. The zero-order valence-corrected chi connectivity index (χ0v) is 11.7. The van der Waals surface area contributed by atoms with Crippen molar-refractivity contribution in [2.45, 2.75) is 25.7 Å². The quantitative estimate of drug-likeness (QED) is 0.709. The predicted molar refractivity (Wildman–Crippen MR) is 84.5 cm³/mol. The van der Waals surface area contributed by atoms with Gasteiger partial charge < -0.3 is 0 Å². The molecular formula is C19H20O. The number of allylic oxidation sites excluding steroid dienone is 1. The molecule has 0 saturated carbocycles. The van der Waals surface area contributed by atoms with Crippen molar-refractivity contribution in [3.8, 4) is 0 Å². The molecule has 102 valence electrons. The van der Waals surface area contributed by atoms with E-state index in [1.54, 1.807) is 0 Å². The summed E-state index contributed by atoms with van der Waals surface area (Å²) in [5, 5.41) is 0. The normalized spacial score (nSPS) is 10.8. The van der Waals surface area contributed by atoms with E-state index in [9.17, 15) is 4.79 Å². The van der Waals surface area contributed by atoms with Gasteiger partial charge in [-0.05, 0) is 24.0 Å². The molecule has 0 aromatic heterocycles. The van der Waals surface area contributed by atoms with Gasteiger partial charge in [-0.2, -0.15) is 0 Å². The van der Waals surface area contributed by atoms with Crippen LogP contribution in [0.15, 0.2) is 66.7 Å². The Balaban J connectivity index is 1.67. The topological polar surface area (TPSA) is 17.1 Å². The fourth-order valence-corrected chi connectivity index (χ4v) is 2.08. The number of benzene rings is 2. The molecule has 2 aromatic rings. The number of carbonyl (C=O) groups is 1. The van der Waals surface area contributed by atoms with E-state index in [0.717, 1.165) is 12.8 Å². The predicted octanol–water partition coefficient (Wildman–Crippen LogP) is 4.68. The minimum atomic E-state index is 0.339. The second-order valence-corrected chi connectivity index (χ2v) is 4.88. The Labute approximate surface area is 121 Å². The minimum absolute atomic E-state index is 0.339. The van der Waals surface area contributed by atoms with Gasteiger partial charge >= 0.3 is 0 Å². The summed E-state index contributed by atoms with van der Waals surface area (Å²) in [5.41, 5.74) is 2.42. The highest BCUT2D eigenvalue weighted by Crippen LogP contribution is 2.07. The lowest BCUT2D eigenvalue weighted by atomic mass is 10.0. The third-order valence-corrected chi connectivity index (χ3v) is 3.24. The van der Waals surface area contributed by atoms with Crippen molar-refractivity contribution in [3.63, 3.8) is 0 Å². The Hall–Kier alpha value is -2.15. The average molecular weight is 264 g/mol. The van der Waals surface area contributed by atoms with Crippen LogP contribution in [0.4, 0.5) is 0 Å². The third-order valence-electron chi connectivity index (χ3n) is 3.24. The van der Waals surface area contributed by atoms with E-state index in [0.29, 0.717) is 18.6 Å². The molecule has 0 aliphatic rings. The molecular weight excluding hydrogens is 244 g/mol. The third kappa shape index (κ3) is 5.23. The SMILES string of the molecule is O=C(CC/C=C/c1ccccc1)CCc1ccccc1. The van der Waals surface area contributed by atoms with Gasteiger partial charge in [0, 0.05) is 12.8 Å². The van der Waals surface area contributed by atoms with E-state index in [2.05, 4.69) is 36.4 Å². The summed E-state index contributed by atoms with van der Waals surface area (Å²) in [6.45, 7) is 0. The molecule has 1 nitrogen and oxygen atoms in total. The summed E-state index contributed by atoms with van der Waals surface area (Å²) in [7, 11) is 0. The molecule has 0 atom stereocenters. The summed E-state index contributed by atoms with van der Waals surface area (Å²) in [5.74, 6) is 0.339. The maximum absolute atomic E-state index is 11.8. The molecule has 1 heteroatoms. The summed E-state index contributed by atoms with van der Waals surface area (Å²) < 4.78 is 0. The molecule has 0 fully saturated rings. The fraction of sp³-hybridized carbons (Fsp3) is 0.211. The molecule has 0 N–H and O–H groups in total. The monoisotopic (exact) mass is 264 g/mol. The van der Waals surface area contributed by atoms with Gasteiger partial charge in [0.15, 0.2) is 0 Å². The van der Waals surface area contributed by atoms with E-state index in [-0.39, 0.29) is 0 Å². The van der Waals surface area contributed by atoms with Crippen molar-refractivity contribution in [2.24, 2.45) is 0 Å². The van der Waals surface area contributed by atoms with Crippen molar-refractivity contribution in [1.82, 2.24) is 0 Å². The standard InChI is InChI=1S/C19H20O/c20-19(16-15-18-11-5-2-6-12-18)14-8-7-13-17-9-3-1-4-10-17/h1-7,9-13H,8,14-16H2/b13-7+. The lowest BCUT2D eigenvalue weighted by molar-refractivity contribution is -0.118. The maximum atomic E-state index is 11.8. The number of hydrogen-bond donors (Lipinski definition) is 0. The van der Waals surface area contributed by atoms with Crippen LogP contribution in [0.25, 0.3) is 6.08 Å². The first kappa shape index (κ1) is 14.3. The largest absolute Gasteiger partial charge is 0.300 e. The van der Waals surface area contributed by atoms with Gasteiger partial charge in [0.25, 0.3) is 0 Å². The first-order valence-corrected chi connectivity index (χ1v) is 7.12. The Morgan fingerprint density at radius 1 is 0.850 bits per heavy atom. The van der Waals surface area contributed by atoms with Gasteiger partial charge in [0.05, 0.1) is 0 Å². The highest BCUT2D eigenvalue weighted by atomic mass is 16.1. The van der Waals surface area contributed by atoms with Crippen LogP contribution in [-0.4, -0.2) is 5.78 Å². The van der Waals surface area contributed by atoms with Crippen LogP contribution in [0.3, 0.4) is 0 Å². The molecule has 0 spiro atoms. The number of aryl methyl sites for hydroxylation is 1. The van der Waals surface area contributed by atoms with Crippen molar-refractivity contribution in [1.29, 1.82) is 0 Å². The van der Waals surface area contributed by atoms with Gasteiger partial charge in [0.2, 0.25) is 0 Å². The second-order valence-electron chi connectivity index (χ2n) is 4.88. The average Bonchev–Trinajstić information content (AvgIpc) is 2.52. The molecule has 0 radical (unpaired) electrons. The van der Waals surface area contributed by atoms with Crippen molar-refractivity contribution >= 4 is 11.9 Å². The number of rotatable bonds is 7. The molecule has 0 amide bonds. The lowest BCUT2D eigenvalue weighted by Gasteiger charge is -2.00. The number of Topliss-reactive ketones (excluding diaryl/α,β-unsaturated/α-hetero) is 1. The molecule has 0 aliphatic carbocycles. The van der Waals surface area contributed by atoms with Crippen LogP contribution in [0, 0.1) is 0 Å². The molecule has 0 saturated heterocycles. The summed E-state index contributed by atoms with van der Waals surface area (Å²) in [4.78, 5) is 11.8. The maximum Gasteiger partial charge on any atom is 0.133 e. The molecule has 2 aromatic carbocycles. The first-order chi connectivity index (χ1) is 9.84. The Morgan fingerprint density at radius 2 is 1.50 bits per heavy atom. The first-order valence-electron chi connectivity index (χ1n) is 7.12. The molecule has 0 heterocycles. The molecule has 20 heavy (non-hydrogen) atoms. The smallest absolute Gasteiger partial charge is 0.133 e. The summed E-state index contributed by atoms with van der Waals surface area (Å²) in [6.07, 6.45) is 7.10. The van der Waals surface area contributed by atoms with Crippen LogP contribution in [0.2, 0.25) is 0 Å². The van der Waals surface area contributed by atoms with Gasteiger partial charge in [-0.3, -0.25) is 4.79 Å². The van der Waals surface area contributed by atoms with Gasteiger partial charge in [-0.25, -0.2) is 0 Å². The van der Waals surface area contributed by atoms with Gasteiger partial charge in [-0.15, -0.1) is 0 Å². The summed E-state index contributed by atoms with van der Waals surface area (Å²) >= 11 is 0. The van der Waals surface area contributed by atoms with Crippen LogP contribution >= 0.6 is 0 Å². The molecule has 0 bridgehead atoms. The van der Waals surface area contributed by atoms with E-state index < -0.39 is 0 Å². The Bertz CT molecular complexity index is 540. The van der Waals surface area contributed by atoms with Crippen molar-refractivity contribution in [3.05, 3.63) is 77.9 Å². The van der Waals surface area contributed by atoms with Crippen LogP contribution in [0.1, 0.15) is 30.4 Å². The van der Waals surface area contributed by atoms with E-state index in [1.165, 1.54) is 11.1 Å². The Kier molecular flexibility index (Phi) is 5.78. The highest BCUT2D eigenvalue weighted by molar-refractivity contribution is 5.78. The van der Waals surface area contributed by atoms with Gasteiger partial charge in [0.1, 0.15) is 5.78 Å². The molecule has 0 aliphatic heterocycles. The van der Waals surface area contributed by atoms with E-state index >= 15 is 0 Å². The van der Waals surface area contributed by atoms with E-state index in [1.807, 2.05) is 36.4 Å². The van der Waals surface area contributed by atoms with Crippen LogP contribution < -0.4 is 0 Å². The fourth-order valence-electron chi connectivity index (χ4n) is 2.08. The van der Waals surface area contributed by atoms with Gasteiger partial charge in [-0.1, -0.05) is 72.8 Å². The molecule has 2 rings (SSSR count). The highest BCUT2D eigenvalue weighted by Gasteiger charge is 2.01. The number of carbonyl (C=O) groups excluding carboxylic acids is 1. The van der Waals surface area contributed by atoms with Crippen molar-refractivity contribution < 1.29 is 4.79 Å². The van der Waals surface area contributed by atoms with Crippen molar-refractivity contribution in [2.75, 3.05) is 0 Å². The second kappa shape index (κ2) is 8.11. The zero-order chi connectivity index (χ0) is 14.0. The van der Waals surface area contributed by atoms with Crippen LogP contribution in [0.5, 0.6) is 0 Å².